The Morgan fingerprint density at radius 3 is 3.00 bits per heavy atom. The molecule has 5 nitrogen and oxygen atoms in total. The van der Waals surface area contributed by atoms with E-state index >= 15 is 0 Å². The second-order valence-corrected chi connectivity index (χ2v) is 6.12. The van der Waals surface area contributed by atoms with Gasteiger partial charge >= 0.3 is 0 Å². The van der Waals surface area contributed by atoms with Crippen LogP contribution >= 0.6 is 11.7 Å². The van der Waals surface area contributed by atoms with Gasteiger partial charge in [-0.05, 0) is 19.9 Å². The zero-order valence-corrected chi connectivity index (χ0v) is 13.2. The Hall–Kier alpha value is -0.720. The second-order valence-electron chi connectivity index (χ2n) is 5.59. The third-order valence-corrected chi connectivity index (χ3v) is 4.38. The van der Waals surface area contributed by atoms with Gasteiger partial charge in [0.25, 0.3) is 0 Å². The molecule has 0 spiro atoms. The molecule has 6 heteroatoms. The van der Waals surface area contributed by atoms with E-state index in [1.807, 2.05) is 0 Å². The maximum Gasteiger partial charge on any atom is 0.249 e. The Morgan fingerprint density at radius 2 is 2.20 bits per heavy atom. The van der Waals surface area contributed by atoms with Gasteiger partial charge in [0.2, 0.25) is 5.88 Å². The molecule has 0 bridgehead atoms. The summed E-state index contributed by atoms with van der Waals surface area (Å²) in [5, 5.41) is 10.2. The molecule has 1 aromatic heterocycles. The van der Waals surface area contributed by atoms with Gasteiger partial charge in [0, 0.05) is 19.0 Å². The molecule has 1 aliphatic rings. The SMILES string of the molecule is CCCCCCOc1nsnc1C1CN(C)CCC1O. The molecular formula is C14H25N3O2S. The topological polar surface area (TPSA) is 58.5 Å². The predicted molar refractivity (Wildman–Crippen MR) is 80.4 cm³/mol. The quantitative estimate of drug-likeness (QED) is 0.783. The van der Waals surface area contributed by atoms with E-state index in [-0.39, 0.29) is 12.0 Å². The number of piperidine rings is 1. The second kappa shape index (κ2) is 7.90. The molecule has 2 atom stereocenters. The molecule has 114 valence electrons. The molecule has 1 fully saturated rings. The Balaban J connectivity index is 1.90. The molecule has 1 aliphatic heterocycles. The summed E-state index contributed by atoms with van der Waals surface area (Å²) in [6.45, 7) is 4.64. The van der Waals surface area contributed by atoms with Crippen LogP contribution in [0.25, 0.3) is 0 Å². The third kappa shape index (κ3) is 4.14. The van der Waals surface area contributed by atoms with Crippen molar-refractivity contribution in [2.24, 2.45) is 0 Å². The lowest BCUT2D eigenvalue weighted by molar-refractivity contribution is 0.0681. The summed E-state index contributed by atoms with van der Waals surface area (Å²) in [5.74, 6) is 0.656. The molecular weight excluding hydrogens is 274 g/mol. The fourth-order valence-electron chi connectivity index (χ4n) is 2.58. The van der Waals surface area contributed by atoms with E-state index in [2.05, 4.69) is 27.6 Å². The fourth-order valence-corrected chi connectivity index (χ4v) is 3.15. The van der Waals surface area contributed by atoms with Crippen molar-refractivity contribution in [1.29, 1.82) is 0 Å². The maximum absolute atomic E-state index is 10.2. The molecule has 2 heterocycles. The van der Waals surface area contributed by atoms with Crippen molar-refractivity contribution < 1.29 is 9.84 Å². The number of likely N-dealkylation sites (N-methyl/N-ethyl adjacent to an activating group) is 1. The first kappa shape index (κ1) is 15.7. The van der Waals surface area contributed by atoms with Gasteiger partial charge in [0.15, 0.2) is 0 Å². The van der Waals surface area contributed by atoms with Crippen LogP contribution in [0.3, 0.4) is 0 Å². The molecule has 0 amide bonds. The van der Waals surface area contributed by atoms with E-state index in [0.29, 0.717) is 12.5 Å². The average Bonchev–Trinajstić information content (AvgIpc) is 2.89. The van der Waals surface area contributed by atoms with Gasteiger partial charge in [-0.3, -0.25) is 0 Å². The van der Waals surface area contributed by atoms with Crippen molar-refractivity contribution >= 4 is 11.7 Å². The summed E-state index contributed by atoms with van der Waals surface area (Å²) in [7, 11) is 2.07. The van der Waals surface area contributed by atoms with E-state index in [0.717, 1.165) is 31.6 Å². The van der Waals surface area contributed by atoms with Gasteiger partial charge < -0.3 is 14.7 Å². The molecule has 0 aliphatic carbocycles. The van der Waals surface area contributed by atoms with Gasteiger partial charge in [0.1, 0.15) is 5.69 Å². The van der Waals surface area contributed by atoms with Crippen molar-refractivity contribution in [3.05, 3.63) is 5.69 Å². The van der Waals surface area contributed by atoms with Crippen molar-refractivity contribution in [2.75, 3.05) is 26.7 Å². The minimum atomic E-state index is -0.336. The zero-order chi connectivity index (χ0) is 14.4. The van der Waals surface area contributed by atoms with Gasteiger partial charge in [-0.2, -0.15) is 4.37 Å². The van der Waals surface area contributed by atoms with E-state index in [1.165, 1.54) is 31.0 Å². The van der Waals surface area contributed by atoms with Gasteiger partial charge in [-0.1, -0.05) is 26.2 Å². The number of unbranched alkanes of at least 4 members (excludes halogenated alkanes) is 3. The number of likely N-dealkylation sites (tertiary alicyclic amines) is 1. The average molecular weight is 299 g/mol. The highest BCUT2D eigenvalue weighted by Gasteiger charge is 2.32. The number of aliphatic hydroxyl groups is 1. The lowest BCUT2D eigenvalue weighted by Crippen LogP contribution is -2.39. The minimum Gasteiger partial charge on any atom is -0.476 e. The molecule has 0 saturated carbocycles. The van der Waals surface area contributed by atoms with Crippen LogP contribution in [0.15, 0.2) is 0 Å². The van der Waals surface area contributed by atoms with Crippen LogP contribution < -0.4 is 4.74 Å². The van der Waals surface area contributed by atoms with Crippen LogP contribution in [0.4, 0.5) is 0 Å². The number of aromatic nitrogens is 2. The number of aliphatic hydroxyl groups excluding tert-OH is 1. The van der Waals surface area contributed by atoms with Crippen LogP contribution in [0, 0.1) is 0 Å². The van der Waals surface area contributed by atoms with Crippen LogP contribution in [-0.4, -0.2) is 51.6 Å². The summed E-state index contributed by atoms with van der Waals surface area (Å²) in [6.07, 6.45) is 5.17. The Morgan fingerprint density at radius 1 is 1.35 bits per heavy atom. The van der Waals surface area contributed by atoms with Crippen molar-refractivity contribution in [2.45, 2.75) is 51.0 Å². The van der Waals surface area contributed by atoms with Crippen molar-refractivity contribution in [1.82, 2.24) is 13.6 Å². The first-order chi connectivity index (χ1) is 9.72. The van der Waals surface area contributed by atoms with Gasteiger partial charge in [-0.15, -0.1) is 4.37 Å². The van der Waals surface area contributed by atoms with Gasteiger partial charge in [-0.25, -0.2) is 0 Å². The Bertz CT molecular complexity index is 400. The standard InChI is InChI=1S/C14H25N3O2S/c1-3-4-5-6-9-19-14-13(15-20-16-14)11-10-17(2)8-7-12(11)18/h11-12,18H,3-10H2,1-2H3. The van der Waals surface area contributed by atoms with E-state index in [9.17, 15) is 5.11 Å². The minimum absolute atomic E-state index is 0.0261. The van der Waals surface area contributed by atoms with Crippen LogP contribution in [0.2, 0.25) is 0 Å². The molecule has 0 radical (unpaired) electrons. The number of hydrogen-bond acceptors (Lipinski definition) is 6. The predicted octanol–water partition coefficient (Wildman–Crippen LogP) is 2.28. The van der Waals surface area contributed by atoms with E-state index in [1.54, 1.807) is 0 Å². The zero-order valence-electron chi connectivity index (χ0n) is 12.4. The van der Waals surface area contributed by atoms with Crippen molar-refractivity contribution in [3.63, 3.8) is 0 Å². The Kier molecular flexibility index (Phi) is 6.19. The molecule has 1 saturated heterocycles. The molecule has 0 aromatic carbocycles. The summed E-state index contributed by atoms with van der Waals surface area (Å²) in [6, 6.07) is 0. The number of nitrogens with zero attached hydrogens (tertiary/aromatic N) is 3. The summed E-state index contributed by atoms with van der Waals surface area (Å²) < 4.78 is 14.4. The summed E-state index contributed by atoms with van der Waals surface area (Å²) in [5.41, 5.74) is 0.838. The smallest absolute Gasteiger partial charge is 0.249 e. The van der Waals surface area contributed by atoms with Crippen molar-refractivity contribution in [3.8, 4) is 5.88 Å². The summed E-state index contributed by atoms with van der Waals surface area (Å²) in [4.78, 5) is 2.22. The third-order valence-electron chi connectivity index (χ3n) is 3.85. The van der Waals surface area contributed by atoms with Crippen LogP contribution in [0.1, 0.15) is 50.6 Å². The highest BCUT2D eigenvalue weighted by molar-refractivity contribution is 6.99. The molecule has 2 unspecified atom stereocenters. The largest absolute Gasteiger partial charge is 0.476 e. The highest BCUT2D eigenvalue weighted by Crippen LogP contribution is 2.31. The molecule has 1 aromatic rings. The van der Waals surface area contributed by atoms with Crippen LogP contribution in [0.5, 0.6) is 5.88 Å². The number of rotatable bonds is 7. The fraction of sp³-hybridized carbons (Fsp3) is 0.857. The first-order valence-corrected chi connectivity index (χ1v) is 8.27. The first-order valence-electron chi connectivity index (χ1n) is 7.54. The molecule has 2 rings (SSSR count). The normalized spacial score (nSPS) is 23.9. The highest BCUT2D eigenvalue weighted by atomic mass is 32.1. The monoisotopic (exact) mass is 299 g/mol. The molecule has 1 N–H and O–H groups in total. The van der Waals surface area contributed by atoms with E-state index in [4.69, 9.17) is 4.74 Å². The molecule has 20 heavy (non-hydrogen) atoms. The maximum atomic E-state index is 10.2. The van der Waals surface area contributed by atoms with E-state index < -0.39 is 0 Å². The van der Waals surface area contributed by atoms with Gasteiger partial charge in [0.05, 0.1) is 24.4 Å². The Labute approximate surface area is 125 Å². The number of hydrogen-bond donors (Lipinski definition) is 1. The lowest BCUT2D eigenvalue weighted by atomic mass is 9.92. The van der Waals surface area contributed by atoms with Crippen LogP contribution in [-0.2, 0) is 0 Å². The number of ether oxygens (including phenoxy) is 1. The summed E-state index contributed by atoms with van der Waals surface area (Å²) >= 11 is 1.18. The lowest BCUT2D eigenvalue weighted by Gasteiger charge is -2.32.